The van der Waals surface area contributed by atoms with Crippen LogP contribution >= 0.6 is 15.6 Å². The number of hydrogen-bond donors (Lipinski definition) is 3. The van der Waals surface area contributed by atoms with Gasteiger partial charge in [0.2, 0.25) is 0 Å². The molecule has 0 radical (unpaired) electrons. The van der Waals surface area contributed by atoms with Crippen molar-refractivity contribution in [2.24, 2.45) is 0 Å². The smallest absolute Gasteiger partial charge is 0.462 e. The molecule has 576 valence electrons. The van der Waals surface area contributed by atoms with E-state index in [0.717, 1.165) is 167 Å². The first kappa shape index (κ1) is 95.7. The summed E-state index contributed by atoms with van der Waals surface area (Å²) in [7, 11) is -9.97. The van der Waals surface area contributed by atoms with E-state index in [1.54, 1.807) is 0 Å². The van der Waals surface area contributed by atoms with E-state index in [2.05, 4.69) is 137 Å². The number of unbranched alkanes of at least 4 members (excludes halogenated alkanes) is 29. The molecule has 100 heavy (non-hydrogen) atoms. The summed E-state index contributed by atoms with van der Waals surface area (Å²) in [4.78, 5) is 72.9. The molecule has 0 aliphatic carbocycles. The zero-order valence-corrected chi connectivity index (χ0v) is 64.6. The van der Waals surface area contributed by atoms with Crippen LogP contribution in [0.3, 0.4) is 0 Å². The van der Waals surface area contributed by atoms with Crippen LogP contribution in [0, 0.1) is 0 Å². The molecule has 0 amide bonds. The SMILES string of the molecule is CC/C=C\C/C=C\C/C=C\C/C=C\CCCCC(=O)OC(COC(=O)CCCCCCCCC/C=C\C/C=C\C/C=C\CC)COP(=O)(O)OCC(O)COP(=O)(O)OCC(COC(=O)CCCCCCCCCCCCCCCCC)OC(=O)CCCCCCC/C=C\C/C=C\CCC. The molecule has 5 atom stereocenters. The zero-order valence-electron chi connectivity index (χ0n) is 62.8. The highest BCUT2D eigenvalue weighted by Gasteiger charge is 2.30. The van der Waals surface area contributed by atoms with Gasteiger partial charge in [-0.2, -0.15) is 0 Å². The molecule has 0 aliphatic rings. The van der Waals surface area contributed by atoms with Gasteiger partial charge in [0, 0.05) is 25.7 Å². The van der Waals surface area contributed by atoms with Crippen LogP contribution in [0.1, 0.15) is 323 Å². The summed E-state index contributed by atoms with van der Waals surface area (Å²) < 4.78 is 68.5. The van der Waals surface area contributed by atoms with Crippen molar-refractivity contribution in [1.82, 2.24) is 0 Å². The maximum atomic E-state index is 13.1. The lowest BCUT2D eigenvalue weighted by Crippen LogP contribution is -2.30. The van der Waals surface area contributed by atoms with Crippen LogP contribution in [0.2, 0.25) is 0 Å². The van der Waals surface area contributed by atoms with Crippen molar-refractivity contribution in [3.05, 3.63) is 109 Å². The first-order valence-corrected chi connectivity index (χ1v) is 42.1. The number of aliphatic hydroxyl groups excluding tert-OH is 1. The summed E-state index contributed by atoms with van der Waals surface area (Å²) in [6, 6.07) is 0. The van der Waals surface area contributed by atoms with Crippen LogP contribution in [0.25, 0.3) is 0 Å². The van der Waals surface area contributed by atoms with Gasteiger partial charge in [-0.25, -0.2) is 9.13 Å². The second-order valence-corrected chi connectivity index (χ2v) is 28.8. The Morgan fingerprint density at radius 3 is 0.860 bits per heavy atom. The minimum absolute atomic E-state index is 0.0391. The van der Waals surface area contributed by atoms with Crippen LogP contribution in [0.4, 0.5) is 0 Å². The zero-order chi connectivity index (χ0) is 73.2. The Bertz CT molecular complexity index is 2320. The van der Waals surface area contributed by atoms with E-state index in [0.29, 0.717) is 32.1 Å². The van der Waals surface area contributed by atoms with E-state index in [9.17, 15) is 43.2 Å². The number of allylic oxidation sites excluding steroid dienone is 18. The fourth-order valence-electron chi connectivity index (χ4n) is 10.3. The van der Waals surface area contributed by atoms with Gasteiger partial charge in [-0.3, -0.25) is 37.3 Å². The standard InChI is InChI=1S/C81H140O17P2/c1-5-9-13-17-21-25-29-33-36-37-40-43-46-50-54-58-62-66-79(84)92-72-77(98-81(86)68-64-60-56-52-48-44-39-35-31-27-23-19-15-11-7-3)74-96-100(89,90)94-70-75(82)69-93-99(87,88)95-73-76(97-80(85)67-63-59-55-51-47-41-32-28-24-20-16-12-8-4)71-91-78(83)65-61-57-53-49-45-42-38-34-30-26-22-18-14-10-6-2/h9,11,13,15-16,20-21,23,25,27-28,32-33,35-36,39,48,52,75-77,82H,5-8,10,12,14,17-19,22,24,26,29-31,34,37-38,40-47,49-51,53-74H2,1-4H3,(H,87,88)(H,89,90)/b13-9-,15-11-,20-16-,25-21-,27-23-,32-28-,36-33-,39-35-,52-48-. The Hall–Kier alpha value is -4.28. The van der Waals surface area contributed by atoms with Gasteiger partial charge in [-0.05, 0) is 122 Å². The predicted octanol–water partition coefficient (Wildman–Crippen LogP) is 22.6. The molecule has 0 aromatic carbocycles. The molecule has 0 saturated heterocycles. The summed E-state index contributed by atoms with van der Waals surface area (Å²) in [5.74, 6) is -2.24. The fraction of sp³-hybridized carbons (Fsp3) is 0.728. The minimum atomic E-state index is -4.99. The van der Waals surface area contributed by atoms with Crippen LogP contribution in [-0.2, 0) is 65.4 Å². The fourth-order valence-corrected chi connectivity index (χ4v) is 11.9. The van der Waals surface area contributed by atoms with Crippen molar-refractivity contribution in [2.75, 3.05) is 39.6 Å². The molecule has 0 fully saturated rings. The van der Waals surface area contributed by atoms with Crippen LogP contribution < -0.4 is 0 Å². The van der Waals surface area contributed by atoms with E-state index < -0.39 is 97.5 Å². The van der Waals surface area contributed by atoms with Gasteiger partial charge >= 0.3 is 39.5 Å². The van der Waals surface area contributed by atoms with Crippen molar-refractivity contribution >= 4 is 39.5 Å². The maximum absolute atomic E-state index is 13.1. The lowest BCUT2D eigenvalue weighted by Gasteiger charge is -2.21. The van der Waals surface area contributed by atoms with Crippen LogP contribution in [0.5, 0.6) is 0 Å². The number of phosphoric ester groups is 2. The van der Waals surface area contributed by atoms with Gasteiger partial charge in [0.15, 0.2) is 12.2 Å². The molecular formula is C81H140O17P2. The van der Waals surface area contributed by atoms with Gasteiger partial charge in [-0.1, -0.05) is 285 Å². The average molecular weight is 1450 g/mol. The molecule has 0 aromatic rings. The third-order valence-electron chi connectivity index (χ3n) is 16.2. The van der Waals surface area contributed by atoms with Crippen LogP contribution in [0.15, 0.2) is 109 Å². The van der Waals surface area contributed by atoms with Crippen molar-refractivity contribution in [1.29, 1.82) is 0 Å². The summed E-state index contributed by atoms with van der Waals surface area (Å²) in [5, 5.41) is 10.6. The van der Waals surface area contributed by atoms with E-state index in [4.69, 9.17) is 37.0 Å². The summed E-state index contributed by atoms with van der Waals surface area (Å²) >= 11 is 0. The first-order chi connectivity index (χ1) is 48.7. The molecule has 19 heteroatoms. The highest BCUT2D eigenvalue weighted by Crippen LogP contribution is 2.45. The van der Waals surface area contributed by atoms with E-state index >= 15 is 0 Å². The number of esters is 4. The molecule has 5 unspecified atom stereocenters. The third kappa shape index (κ3) is 72.1. The maximum Gasteiger partial charge on any atom is 0.472 e. The van der Waals surface area contributed by atoms with Gasteiger partial charge in [0.1, 0.15) is 19.3 Å². The second-order valence-electron chi connectivity index (χ2n) is 25.9. The third-order valence-corrected chi connectivity index (χ3v) is 18.1. The molecule has 3 N–H and O–H groups in total. The van der Waals surface area contributed by atoms with Gasteiger partial charge in [0.25, 0.3) is 0 Å². The summed E-state index contributed by atoms with van der Waals surface area (Å²) in [6.45, 7) is 4.54. The van der Waals surface area contributed by atoms with E-state index in [1.165, 1.54) is 70.6 Å². The van der Waals surface area contributed by atoms with Crippen molar-refractivity contribution in [3.63, 3.8) is 0 Å². The lowest BCUT2D eigenvalue weighted by molar-refractivity contribution is -0.161. The molecule has 0 rings (SSSR count). The van der Waals surface area contributed by atoms with Gasteiger partial charge in [-0.15, -0.1) is 0 Å². The molecular weight excluding hydrogens is 1310 g/mol. The quantitative estimate of drug-likeness (QED) is 0.0169. The molecule has 0 aromatic heterocycles. The summed E-state index contributed by atoms with van der Waals surface area (Å²) in [6.07, 6.45) is 77.9. The van der Waals surface area contributed by atoms with Gasteiger partial charge in [0.05, 0.1) is 26.4 Å². The highest BCUT2D eigenvalue weighted by molar-refractivity contribution is 7.47. The lowest BCUT2D eigenvalue weighted by atomic mass is 10.0. The number of hydrogen-bond acceptors (Lipinski definition) is 15. The number of rotatable bonds is 73. The highest BCUT2D eigenvalue weighted by atomic mass is 31.2. The molecule has 17 nitrogen and oxygen atoms in total. The Morgan fingerprint density at radius 2 is 0.540 bits per heavy atom. The average Bonchev–Trinajstić information content (AvgIpc) is 0.932. The Kier molecular flexibility index (Phi) is 69.9. The molecule has 0 saturated carbocycles. The Labute approximate surface area is 607 Å². The van der Waals surface area contributed by atoms with Crippen molar-refractivity contribution in [3.8, 4) is 0 Å². The van der Waals surface area contributed by atoms with Crippen LogP contribution in [-0.4, -0.2) is 96.7 Å². The van der Waals surface area contributed by atoms with Crippen molar-refractivity contribution < 1.29 is 80.2 Å². The Morgan fingerprint density at radius 1 is 0.290 bits per heavy atom. The topological polar surface area (TPSA) is 237 Å². The largest absolute Gasteiger partial charge is 0.472 e. The molecule has 0 heterocycles. The molecule has 0 aliphatic heterocycles. The Balaban J connectivity index is 5.38. The number of carbonyl (C=O) groups is 4. The number of carbonyl (C=O) groups excluding carboxylic acids is 4. The molecule has 0 bridgehead atoms. The van der Waals surface area contributed by atoms with E-state index in [-0.39, 0.29) is 25.7 Å². The summed E-state index contributed by atoms with van der Waals surface area (Å²) in [5.41, 5.74) is 0. The second kappa shape index (κ2) is 73.0. The van der Waals surface area contributed by atoms with Gasteiger partial charge < -0.3 is 33.8 Å². The first-order valence-electron chi connectivity index (χ1n) is 39.1. The van der Waals surface area contributed by atoms with E-state index in [1.807, 2.05) is 0 Å². The monoisotopic (exact) mass is 1450 g/mol. The number of phosphoric acid groups is 2. The van der Waals surface area contributed by atoms with Crippen molar-refractivity contribution in [2.45, 2.75) is 341 Å². The number of ether oxygens (including phenoxy) is 4. The molecule has 0 spiro atoms. The normalized spacial score (nSPS) is 14.5. The number of aliphatic hydroxyl groups is 1. The minimum Gasteiger partial charge on any atom is -0.462 e. The predicted molar refractivity (Wildman–Crippen MR) is 408 cm³/mol.